The summed E-state index contributed by atoms with van der Waals surface area (Å²) in [6.45, 7) is 1.26. The normalized spacial score (nSPS) is 11.2. The van der Waals surface area contributed by atoms with Gasteiger partial charge in [0.25, 0.3) is 0 Å². The molecule has 0 atom stereocenters. The number of nitrogens with zero attached hydrogens (tertiary/aromatic N) is 3. The van der Waals surface area contributed by atoms with Crippen LogP contribution >= 0.6 is 11.6 Å². The van der Waals surface area contributed by atoms with E-state index in [1.807, 2.05) is 7.05 Å². The average molecular weight is 344 g/mol. The second kappa shape index (κ2) is 6.98. The van der Waals surface area contributed by atoms with Crippen LogP contribution in [0.3, 0.4) is 0 Å². The molecule has 0 unspecified atom stereocenters. The lowest BCUT2D eigenvalue weighted by Crippen LogP contribution is -2.19. The summed E-state index contributed by atoms with van der Waals surface area (Å²) in [5.74, 6) is 0.593. The number of rotatable bonds is 5. The van der Waals surface area contributed by atoms with Gasteiger partial charge in [0.2, 0.25) is 5.95 Å². The van der Waals surface area contributed by atoms with Crippen LogP contribution in [0.25, 0.3) is 10.9 Å². The molecule has 2 aromatic heterocycles. The van der Waals surface area contributed by atoms with Gasteiger partial charge in [-0.05, 0) is 19.2 Å². The Balaban J connectivity index is 1.78. The van der Waals surface area contributed by atoms with E-state index < -0.39 is 0 Å². The van der Waals surface area contributed by atoms with E-state index in [9.17, 15) is 4.79 Å². The smallest absolute Gasteiger partial charge is 0.222 e. The first-order chi connectivity index (χ1) is 11.6. The summed E-state index contributed by atoms with van der Waals surface area (Å²) < 4.78 is 0. The first-order valence-corrected chi connectivity index (χ1v) is 7.92. The van der Waals surface area contributed by atoms with Crippen molar-refractivity contribution in [3.8, 4) is 0 Å². The Morgan fingerprint density at radius 3 is 2.71 bits per heavy atom. The molecule has 3 rings (SSSR count). The molecule has 3 aromatic rings. The van der Waals surface area contributed by atoms with Crippen LogP contribution in [0.15, 0.2) is 41.5 Å². The average Bonchev–Trinajstić information content (AvgIpc) is 2.56. The molecule has 0 aliphatic rings. The van der Waals surface area contributed by atoms with Crippen LogP contribution in [0, 0.1) is 0 Å². The predicted octanol–water partition coefficient (Wildman–Crippen LogP) is 2.65. The Kier molecular flexibility index (Phi) is 4.78. The summed E-state index contributed by atoms with van der Waals surface area (Å²) in [6, 6.07) is 6.94. The number of benzene rings is 1. The zero-order chi connectivity index (χ0) is 17.1. The monoisotopic (exact) mass is 343 g/mol. The van der Waals surface area contributed by atoms with Crippen LogP contribution in [0.5, 0.6) is 0 Å². The lowest BCUT2D eigenvalue weighted by molar-refractivity contribution is 0.314. The molecule has 0 saturated heterocycles. The molecule has 0 spiro atoms. The van der Waals surface area contributed by atoms with Crippen molar-refractivity contribution >= 4 is 28.5 Å². The van der Waals surface area contributed by atoms with Crippen molar-refractivity contribution in [2.24, 2.45) is 0 Å². The number of anilines is 1. The van der Waals surface area contributed by atoms with Crippen LogP contribution in [-0.2, 0) is 13.1 Å². The number of H-pyrrole nitrogens is 1. The fraction of sp³-hybridized carbons (Fsp3) is 0.235. The predicted molar refractivity (Wildman–Crippen MR) is 96.3 cm³/mol. The molecule has 6 nitrogen and oxygen atoms in total. The first kappa shape index (κ1) is 16.4. The van der Waals surface area contributed by atoms with Gasteiger partial charge in [-0.3, -0.25) is 9.69 Å². The van der Waals surface area contributed by atoms with Gasteiger partial charge in [0.05, 0.1) is 10.5 Å². The zero-order valence-electron chi connectivity index (χ0n) is 13.5. The molecule has 2 N–H and O–H groups in total. The van der Waals surface area contributed by atoms with Crippen molar-refractivity contribution in [1.82, 2.24) is 19.9 Å². The molecule has 0 saturated carbocycles. The summed E-state index contributed by atoms with van der Waals surface area (Å²) in [5, 5.41) is 4.04. The highest BCUT2D eigenvalue weighted by molar-refractivity contribution is 6.35. The second-order valence-electron chi connectivity index (χ2n) is 5.66. The Bertz CT molecular complexity index is 907. The number of hydrogen-bond donors (Lipinski definition) is 2. The molecule has 24 heavy (non-hydrogen) atoms. The number of hydrogen-bond acceptors (Lipinski definition) is 5. The van der Waals surface area contributed by atoms with Gasteiger partial charge < -0.3 is 10.3 Å². The second-order valence-corrected chi connectivity index (χ2v) is 6.07. The van der Waals surface area contributed by atoms with Gasteiger partial charge in [0.1, 0.15) is 0 Å². The van der Waals surface area contributed by atoms with Gasteiger partial charge in [0, 0.05) is 55.2 Å². The lowest BCUT2D eigenvalue weighted by Gasteiger charge is -2.17. The molecule has 0 amide bonds. The zero-order valence-corrected chi connectivity index (χ0v) is 14.3. The van der Waals surface area contributed by atoms with Crippen molar-refractivity contribution < 1.29 is 0 Å². The van der Waals surface area contributed by atoms with Crippen molar-refractivity contribution in [1.29, 1.82) is 0 Å². The van der Waals surface area contributed by atoms with Gasteiger partial charge in [-0.2, -0.15) is 0 Å². The van der Waals surface area contributed by atoms with E-state index in [1.54, 1.807) is 43.7 Å². The third-order valence-electron chi connectivity index (χ3n) is 3.69. The summed E-state index contributed by atoms with van der Waals surface area (Å²) >= 11 is 6.19. The quantitative estimate of drug-likeness (QED) is 0.745. The maximum absolute atomic E-state index is 12.2. The standard InChI is InChI=1S/C17H18ClN5O/c1-19-17-20-7-11(8-21-17)9-23(2)10-12-6-15(24)13-4-3-5-14(18)16(13)22-12/h3-8H,9-10H2,1-2H3,(H,22,24)(H,19,20,21). The Morgan fingerprint density at radius 2 is 2.00 bits per heavy atom. The van der Waals surface area contributed by atoms with Crippen molar-refractivity contribution in [3.05, 3.63) is 63.2 Å². The first-order valence-electron chi connectivity index (χ1n) is 7.54. The highest BCUT2D eigenvalue weighted by Gasteiger charge is 2.08. The SMILES string of the molecule is CNc1ncc(CN(C)Cc2cc(=O)c3cccc(Cl)c3[nH]2)cn1. The van der Waals surface area contributed by atoms with Crippen LogP contribution in [0.2, 0.25) is 5.02 Å². The largest absolute Gasteiger partial charge is 0.357 e. The molecule has 7 heteroatoms. The molecule has 0 aliphatic carbocycles. The number of halogens is 1. The highest BCUT2D eigenvalue weighted by Crippen LogP contribution is 2.19. The van der Waals surface area contributed by atoms with Gasteiger partial charge >= 0.3 is 0 Å². The summed E-state index contributed by atoms with van der Waals surface area (Å²) in [7, 11) is 3.75. The molecule has 0 bridgehead atoms. The number of pyridine rings is 1. The number of aromatic nitrogens is 3. The fourth-order valence-corrected chi connectivity index (χ4v) is 2.82. The molecule has 0 radical (unpaired) electrons. The maximum atomic E-state index is 12.2. The van der Waals surface area contributed by atoms with Gasteiger partial charge in [-0.15, -0.1) is 0 Å². The van der Waals surface area contributed by atoms with Gasteiger partial charge in [0.15, 0.2) is 5.43 Å². The van der Waals surface area contributed by atoms with Crippen LogP contribution in [-0.4, -0.2) is 33.9 Å². The number of para-hydroxylation sites is 1. The van der Waals surface area contributed by atoms with E-state index in [2.05, 4.69) is 25.2 Å². The van der Waals surface area contributed by atoms with Crippen LogP contribution in [0.1, 0.15) is 11.3 Å². The highest BCUT2D eigenvalue weighted by atomic mass is 35.5. The van der Waals surface area contributed by atoms with Gasteiger partial charge in [-0.25, -0.2) is 9.97 Å². The Labute approximate surface area is 144 Å². The van der Waals surface area contributed by atoms with Gasteiger partial charge in [-0.1, -0.05) is 17.7 Å². The van der Waals surface area contributed by atoms with Crippen molar-refractivity contribution in [2.45, 2.75) is 13.1 Å². The molecule has 2 heterocycles. The van der Waals surface area contributed by atoms with E-state index in [0.29, 0.717) is 35.0 Å². The molecular weight excluding hydrogens is 326 g/mol. The van der Waals surface area contributed by atoms with E-state index in [-0.39, 0.29) is 5.43 Å². The van der Waals surface area contributed by atoms with E-state index in [0.717, 1.165) is 11.3 Å². The summed E-state index contributed by atoms with van der Waals surface area (Å²) in [5.41, 5.74) is 2.46. The minimum absolute atomic E-state index is 0.0312. The van der Waals surface area contributed by atoms with E-state index >= 15 is 0 Å². The number of fused-ring (bicyclic) bond motifs is 1. The van der Waals surface area contributed by atoms with E-state index in [1.165, 1.54) is 0 Å². The third-order valence-corrected chi connectivity index (χ3v) is 4.01. The number of nitrogens with one attached hydrogen (secondary N) is 2. The summed E-state index contributed by atoms with van der Waals surface area (Å²) in [4.78, 5) is 26.0. The topological polar surface area (TPSA) is 73.9 Å². The molecule has 0 aliphatic heterocycles. The van der Waals surface area contributed by atoms with Crippen molar-refractivity contribution in [3.63, 3.8) is 0 Å². The molecular formula is C17H18ClN5O. The third kappa shape index (κ3) is 3.55. The fourth-order valence-electron chi connectivity index (χ4n) is 2.60. The van der Waals surface area contributed by atoms with E-state index in [4.69, 9.17) is 11.6 Å². The van der Waals surface area contributed by atoms with Crippen LogP contribution < -0.4 is 10.7 Å². The molecule has 0 fully saturated rings. The minimum atomic E-state index is -0.0312. The maximum Gasteiger partial charge on any atom is 0.222 e. The summed E-state index contributed by atoms with van der Waals surface area (Å²) in [6.07, 6.45) is 3.57. The molecule has 1 aromatic carbocycles. The Hall–Kier alpha value is -2.44. The molecule has 124 valence electrons. The lowest BCUT2D eigenvalue weighted by atomic mass is 10.2. The number of aromatic amines is 1. The Morgan fingerprint density at radius 1 is 1.25 bits per heavy atom. The van der Waals surface area contributed by atoms with Crippen LogP contribution in [0.4, 0.5) is 5.95 Å². The minimum Gasteiger partial charge on any atom is -0.357 e. The van der Waals surface area contributed by atoms with Crippen molar-refractivity contribution in [2.75, 3.05) is 19.4 Å².